The summed E-state index contributed by atoms with van der Waals surface area (Å²) in [5.41, 5.74) is 1.56. The molecule has 0 aliphatic carbocycles. The van der Waals surface area contributed by atoms with Crippen molar-refractivity contribution >= 4 is 27.3 Å². The first-order valence-corrected chi connectivity index (χ1v) is 6.70. The molecule has 20 heavy (non-hydrogen) atoms. The predicted octanol–water partition coefficient (Wildman–Crippen LogP) is 3.98. The summed E-state index contributed by atoms with van der Waals surface area (Å²) in [6.07, 6.45) is 0. The smallest absolute Gasteiger partial charge is 0.274 e. The zero-order valence-corrected chi connectivity index (χ0v) is 12.4. The maximum Gasteiger partial charge on any atom is 0.274 e. The monoisotopic (exact) mass is 336 g/mol. The van der Waals surface area contributed by atoms with Gasteiger partial charge in [-0.15, -0.1) is 0 Å². The number of ether oxygens (including phenoxy) is 1. The minimum atomic E-state index is -0.380. The van der Waals surface area contributed by atoms with Gasteiger partial charge in [0.15, 0.2) is 0 Å². The maximum atomic E-state index is 11.0. The SMILES string of the molecule is COc1cccc(NCc2cc(Br)ccc2[N+](=O)[O-])c1. The third kappa shape index (κ3) is 3.48. The van der Waals surface area contributed by atoms with Gasteiger partial charge in [-0.25, -0.2) is 0 Å². The molecule has 0 saturated carbocycles. The number of rotatable bonds is 5. The van der Waals surface area contributed by atoms with Crippen LogP contribution in [0, 0.1) is 10.1 Å². The fourth-order valence-electron chi connectivity index (χ4n) is 1.80. The van der Waals surface area contributed by atoms with Gasteiger partial charge in [0.05, 0.1) is 12.0 Å². The molecule has 2 aromatic carbocycles. The molecule has 0 atom stereocenters. The molecule has 0 amide bonds. The molecule has 0 saturated heterocycles. The van der Waals surface area contributed by atoms with Crippen LogP contribution in [0.4, 0.5) is 11.4 Å². The number of anilines is 1. The number of methoxy groups -OCH3 is 1. The molecular weight excluding hydrogens is 324 g/mol. The average molecular weight is 337 g/mol. The molecule has 5 nitrogen and oxygen atoms in total. The maximum absolute atomic E-state index is 11.0. The van der Waals surface area contributed by atoms with E-state index in [0.29, 0.717) is 12.1 Å². The van der Waals surface area contributed by atoms with Gasteiger partial charge in [-0.1, -0.05) is 22.0 Å². The van der Waals surface area contributed by atoms with Crippen LogP contribution in [0.3, 0.4) is 0 Å². The fourth-order valence-corrected chi connectivity index (χ4v) is 2.21. The van der Waals surface area contributed by atoms with Gasteiger partial charge >= 0.3 is 0 Å². The number of nitro groups is 1. The molecule has 0 fully saturated rings. The normalized spacial score (nSPS) is 10.1. The van der Waals surface area contributed by atoms with Gasteiger partial charge in [0.1, 0.15) is 5.75 Å². The first kappa shape index (κ1) is 14.3. The Bertz CT molecular complexity index is 632. The minimum Gasteiger partial charge on any atom is -0.497 e. The van der Waals surface area contributed by atoms with E-state index in [9.17, 15) is 10.1 Å². The van der Waals surface area contributed by atoms with Crippen LogP contribution in [0.1, 0.15) is 5.56 Å². The zero-order valence-electron chi connectivity index (χ0n) is 10.8. The molecule has 2 aromatic rings. The van der Waals surface area contributed by atoms with Crippen molar-refractivity contribution in [2.24, 2.45) is 0 Å². The summed E-state index contributed by atoms with van der Waals surface area (Å²) in [5, 5.41) is 14.1. The average Bonchev–Trinajstić information content (AvgIpc) is 2.45. The van der Waals surface area contributed by atoms with E-state index in [4.69, 9.17) is 4.74 Å². The van der Waals surface area contributed by atoms with Gasteiger partial charge in [0.25, 0.3) is 5.69 Å². The first-order chi connectivity index (χ1) is 9.60. The standard InChI is InChI=1S/C14H13BrN2O3/c1-20-13-4-2-3-12(8-13)16-9-10-7-11(15)5-6-14(10)17(18)19/h2-8,16H,9H2,1H3. The molecule has 1 N–H and O–H groups in total. The number of nitrogens with zero attached hydrogens (tertiary/aromatic N) is 1. The lowest BCUT2D eigenvalue weighted by molar-refractivity contribution is -0.385. The van der Waals surface area contributed by atoms with Crippen molar-refractivity contribution in [1.82, 2.24) is 0 Å². The van der Waals surface area contributed by atoms with Crippen LogP contribution in [-0.4, -0.2) is 12.0 Å². The van der Waals surface area contributed by atoms with Crippen LogP contribution < -0.4 is 10.1 Å². The van der Waals surface area contributed by atoms with Gasteiger partial charge < -0.3 is 10.1 Å². The third-order valence-electron chi connectivity index (χ3n) is 2.79. The van der Waals surface area contributed by atoms with E-state index in [1.165, 1.54) is 6.07 Å². The molecule has 0 radical (unpaired) electrons. The van der Waals surface area contributed by atoms with Crippen molar-refractivity contribution < 1.29 is 9.66 Å². The van der Waals surface area contributed by atoms with Crippen LogP contribution in [0.25, 0.3) is 0 Å². The van der Waals surface area contributed by atoms with Gasteiger partial charge in [-0.2, -0.15) is 0 Å². The molecule has 0 unspecified atom stereocenters. The molecule has 0 bridgehead atoms. The molecule has 0 aromatic heterocycles. The van der Waals surface area contributed by atoms with Gasteiger partial charge in [0, 0.05) is 34.4 Å². The molecule has 6 heteroatoms. The first-order valence-electron chi connectivity index (χ1n) is 5.91. The van der Waals surface area contributed by atoms with Crippen molar-refractivity contribution in [3.8, 4) is 5.75 Å². The fraction of sp³-hybridized carbons (Fsp3) is 0.143. The molecule has 0 aliphatic rings. The Morgan fingerprint density at radius 3 is 2.80 bits per heavy atom. The number of nitro benzene ring substituents is 1. The molecular formula is C14H13BrN2O3. The molecule has 104 valence electrons. The van der Waals surface area contributed by atoms with Gasteiger partial charge in [0.2, 0.25) is 0 Å². The highest BCUT2D eigenvalue weighted by Crippen LogP contribution is 2.24. The van der Waals surface area contributed by atoms with E-state index < -0.39 is 0 Å². The quantitative estimate of drug-likeness (QED) is 0.662. The van der Waals surface area contributed by atoms with Gasteiger partial charge in [-0.3, -0.25) is 10.1 Å². The number of hydrogen-bond acceptors (Lipinski definition) is 4. The van der Waals surface area contributed by atoms with E-state index in [1.54, 1.807) is 19.2 Å². The number of hydrogen-bond donors (Lipinski definition) is 1. The topological polar surface area (TPSA) is 64.4 Å². The lowest BCUT2D eigenvalue weighted by atomic mass is 10.1. The van der Waals surface area contributed by atoms with E-state index in [1.807, 2.05) is 24.3 Å². The summed E-state index contributed by atoms with van der Waals surface area (Å²) in [7, 11) is 1.60. The molecule has 0 aliphatic heterocycles. The Morgan fingerprint density at radius 1 is 1.30 bits per heavy atom. The summed E-state index contributed by atoms with van der Waals surface area (Å²) < 4.78 is 5.94. The summed E-state index contributed by atoms with van der Waals surface area (Å²) in [5.74, 6) is 0.735. The zero-order chi connectivity index (χ0) is 14.5. The number of nitrogens with one attached hydrogen (secondary N) is 1. The lowest BCUT2D eigenvalue weighted by Crippen LogP contribution is -2.03. The second kappa shape index (κ2) is 6.38. The second-order valence-electron chi connectivity index (χ2n) is 4.12. The molecule has 0 heterocycles. The summed E-state index contributed by atoms with van der Waals surface area (Å²) in [6.45, 7) is 0.364. The highest BCUT2D eigenvalue weighted by Gasteiger charge is 2.13. The van der Waals surface area contributed by atoms with Crippen LogP contribution >= 0.6 is 15.9 Å². The van der Waals surface area contributed by atoms with Crippen molar-refractivity contribution in [1.29, 1.82) is 0 Å². The van der Waals surface area contributed by atoms with E-state index >= 15 is 0 Å². The van der Waals surface area contributed by atoms with Crippen molar-refractivity contribution in [2.45, 2.75) is 6.54 Å². The molecule has 0 spiro atoms. The number of benzene rings is 2. The van der Waals surface area contributed by atoms with E-state index in [0.717, 1.165) is 15.9 Å². The summed E-state index contributed by atoms with van der Waals surface area (Å²) in [4.78, 5) is 10.6. The Kier molecular flexibility index (Phi) is 4.57. The summed E-state index contributed by atoms with van der Waals surface area (Å²) in [6, 6.07) is 12.3. The highest BCUT2D eigenvalue weighted by atomic mass is 79.9. The minimum absolute atomic E-state index is 0.101. The van der Waals surface area contributed by atoms with Crippen LogP contribution in [0.5, 0.6) is 5.75 Å². The lowest BCUT2D eigenvalue weighted by Gasteiger charge is -2.09. The molecule has 2 rings (SSSR count). The van der Waals surface area contributed by atoms with E-state index in [-0.39, 0.29) is 10.6 Å². The predicted molar refractivity (Wildman–Crippen MR) is 81.1 cm³/mol. The Labute approximate surface area is 124 Å². The van der Waals surface area contributed by atoms with Crippen molar-refractivity contribution in [3.05, 3.63) is 62.6 Å². The van der Waals surface area contributed by atoms with Gasteiger partial charge in [-0.05, 0) is 24.3 Å². The van der Waals surface area contributed by atoms with Crippen molar-refractivity contribution in [3.63, 3.8) is 0 Å². The van der Waals surface area contributed by atoms with Crippen LogP contribution in [-0.2, 0) is 6.54 Å². The highest BCUT2D eigenvalue weighted by molar-refractivity contribution is 9.10. The Hall–Kier alpha value is -2.08. The summed E-state index contributed by atoms with van der Waals surface area (Å²) >= 11 is 3.32. The third-order valence-corrected chi connectivity index (χ3v) is 3.28. The van der Waals surface area contributed by atoms with Crippen molar-refractivity contribution in [2.75, 3.05) is 12.4 Å². The Morgan fingerprint density at radius 2 is 2.10 bits per heavy atom. The van der Waals surface area contributed by atoms with Crippen LogP contribution in [0.15, 0.2) is 46.9 Å². The Balaban J connectivity index is 2.17. The number of halogens is 1. The van der Waals surface area contributed by atoms with E-state index in [2.05, 4.69) is 21.2 Å². The second-order valence-corrected chi connectivity index (χ2v) is 5.03. The van der Waals surface area contributed by atoms with Crippen LogP contribution in [0.2, 0.25) is 0 Å². The largest absolute Gasteiger partial charge is 0.497 e.